The molecule has 0 aromatic heterocycles. The summed E-state index contributed by atoms with van der Waals surface area (Å²) in [7, 11) is 0. The summed E-state index contributed by atoms with van der Waals surface area (Å²) in [5.74, 6) is 0.150. The number of nitrogens with two attached hydrogens (primary N) is 1. The molecule has 0 saturated heterocycles. The number of rotatable bonds is 1. The third-order valence-electron chi connectivity index (χ3n) is 1.66. The molecule has 0 spiro atoms. The minimum atomic E-state index is 0.0787. The standard InChI is InChI=1S/C8H16N2O/c1-6(8(2,3)4)5-7(9)10-11/h5,11H,1-4H3,(H2,9,10)/b6-5+. The lowest BCUT2D eigenvalue weighted by atomic mass is 9.87. The van der Waals surface area contributed by atoms with Crippen LogP contribution < -0.4 is 5.73 Å². The third kappa shape index (κ3) is 3.65. The summed E-state index contributed by atoms with van der Waals surface area (Å²) >= 11 is 0. The topological polar surface area (TPSA) is 58.6 Å². The molecule has 0 rings (SSSR count). The van der Waals surface area contributed by atoms with Crippen molar-refractivity contribution in [3.63, 3.8) is 0 Å². The van der Waals surface area contributed by atoms with Gasteiger partial charge in [0.15, 0.2) is 5.84 Å². The van der Waals surface area contributed by atoms with Gasteiger partial charge in [-0.2, -0.15) is 0 Å². The molecule has 0 aliphatic carbocycles. The van der Waals surface area contributed by atoms with E-state index in [4.69, 9.17) is 10.9 Å². The van der Waals surface area contributed by atoms with Crippen molar-refractivity contribution in [2.24, 2.45) is 16.3 Å². The predicted octanol–water partition coefficient (Wildman–Crippen LogP) is 1.73. The van der Waals surface area contributed by atoms with Crippen molar-refractivity contribution < 1.29 is 5.21 Å². The maximum atomic E-state index is 8.27. The lowest BCUT2D eigenvalue weighted by molar-refractivity contribution is 0.319. The van der Waals surface area contributed by atoms with Gasteiger partial charge in [-0.3, -0.25) is 0 Å². The van der Waals surface area contributed by atoms with Crippen molar-refractivity contribution in [1.82, 2.24) is 0 Å². The summed E-state index contributed by atoms with van der Waals surface area (Å²) in [6.45, 7) is 8.18. The quantitative estimate of drug-likeness (QED) is 0.263. The normalized spacial score (nSPS) is 15.3. The minimum Gasteiger partial charge on any atom is -0.409 e. The molecule has 0 unspecified atom stereocenters. The van der Waals surface area contributed by atoms with Crippen LogP contribution in [0.25, 0.3) is 0 Å². The highest BCUT2D eigenvalue weighted by atomic mass is 16.4. The van der Waals surface area contributed by atoms with Gasteiger partial charge in [0.1, 0.15) is 0 Å². The van der Waals surface area contributed by atoms with E-state index in [1.807, 2.05) is 6.92 Å². The number of allylic oxidation sites excluding steroid dienone is 1. The Morgan fingerprint density at radius 3 is 2.18 bits per heavy atom. The summed E-state index contributed by atoms with van der Waals surface area (Å²) in [5.41, 5.74) is 6.46. The van der Waals surface area contributed by atoms with E-state index in [2.05, 4.69) is 25.9 Å². The first-order valence-corrected chi connectivity index (χ1v) is 3.54. The molecule has 3 nitrogen and oxygen atoms in total. The van der Waals surface area contributed by atoms with E-state index in [1.54, 1.807) is 6.08 Å². The fourth-order valence-corrected chi connectivity index (χ4v) is 0.467. The number of amidine groups is 1. The fraction of sp³-hybridized carbons (Fsp3) is 0.625. The van der Waals surface area contributed by atoms with Crippen molar-refractivity contribution >= 4 is 5.84 Å². The van der Waals surface area contributed by atoms with Crippen LogP contribution in [0.4, 0.5) is 0 Å². The first-order valence-electron chi connectivity index (χ1n) is 3.54. The molecule has 0 aliphatic heterocycles. The van der Waals surface area contributed by atoms with Gasteiger partial charge in [0.25, 0.3) is 0 Å². The van der Waals surface area contributed by atoms with Gasteiger partial charge < -0.3 is 10.9 Å². The van der Waals surface area contributed by atoms with Gasteiger partial charge in [0.2, 0.25) is 0 Å². The Hall–Kier alpha value is -0.990. The van der Waals surface area contributed by atoms with E-state index in [0.29, 0.717) is 0 Å². The fourth-order valence-electron chi connectivity index (χ4n) is 0.467. The van der Waals surface area contributed by atoms with Crippen LogP contribution >= 0.6 is 0 Å². The maximum Gasteiger partial charge on any atom is 0.162 e. The van der Waals surface area contributed by atoms with E-state index < -0.39 is 0 Å². The van der Waals surface area contributed by atoms with E-state index in [0.717, 1.165) is 5.57 Å². The first-order chi connectivity index (χ1) is 4.88. The highest BCUT2D eigenvalue weighted by Gasteiger charge is 2.12. The first kappa shape index (κ1) is 10.0. The third-order valence-corrected chi connectivity index (χ3v) is 1.66. The van der Waals surface area contributed by atoms with Gasteiger partial charge in [-0.1, -0.05) is 31.5 Å². The summed E-state index contributed by atoms with van der Waals surface area (Å²) < 4.78 is 0. The lowest BCUT2D eigenvalue weighted by Crippen LogP contribution is -2.13. The largest absolute Gasteiger partial charge is 0.409 e. The highest BCUT2D eigenvalue weighted by Crippen LogP contribution is 2.23. The molecule has 3 N–H and O–H groups in total. The average Bonchev–Trinajstić information content (AvgIpc) is 1.85. The predicted molar refractivity (Wildman–Crippen MR) is 46.6 cm³/mol. The van der Waals surface area contributed by atoms with Gasteiger partial charge in [-0.25, -0.2) is 0 Å². The van der Waals surface area contributed by atoms with Crippen molar-refractivity contribution in [2.45, 2.75) is 27.7 Å². The second-order valence-corrected chi connectivity index (χ2v) is 3.60. The molecule has 0 heterocycles. The van der Waals surface area contributed by atoms with E-state index in [9.17, 15) is 0 Å². The van der Waals surface area contributed by atoms with Crippen LogP contribution in [0.3, 0.4) is 0 Å². The molecule has 11 heavy (non-hydrogen) atoms. The number of hydrogen-bond acceptors (Lipinski definition) is 2. The highest BCUT2D eigenvalue weighted by molar-refractivity contribution is 5.91. The zero-order valence-corrected chi connectivity index (χ0v) is 7.55. The summed E-state index contributed by atoms with van der Waals surface area (Å²) in [6, 6.07) is 0. The zero-order chi connectivity index (χ0) is 9.07. The van der Waals surface area contributed by atoms with E-state index >= 15 is 0 Å². The molecule has 64 valence electrons. The summed E-state index contributed by atoms with van der Waals surface area (Å²) in [5, 5.41) is 11.1. The Morgan fingerprint density at radius 1 is 1.45 bits per heavy atom. The molecule has 0 saturated carbocycles. The van der Waals surface area contributed by atoms with Crippen LogP contribution in [0.2, 0.25) is 0 Å². The monoisotopic (exact) mass is 156 g/mol. The van der Waals surface area contributed by atoms with E-state index in [1.165, 1.54) is 0 Å². The second kappa shape index (κ2) is 3.42. The Kier molecular flexibility index (Phi) is 3.11. The molecule has 0 fully saturated rings. The molecule has 0 radical (unpaired) electrons. The lowest BCUT2D eigenvalue weighted by Gasteiger charge is -2.18. The Bertz CT molecular complexity index is 187. The number of nitrogens with zero attached hydrogens (tertiary/aromatic N) is 1. The number of oxime groups is 1. The van der Waals surface area contributed by atoms with Crippen LogP contribution in [-0.2, 0) is 0 Å². The van der Waals surface area contributed by atoms with Gasteiger partial charge in [-0.15, -0.1) is 0 Å². The molecule has 0 aromatic carbocycles. The molecular weight excluding hydrogens is 140 g/mol. The minimum absolute atomic E-state index is 0.0787. The van der Waals surface area contributed by atoms with Crippen LogP contribution in [0.5, 0.6) is 0 Å². The smallest absolute Gasteiger partial charge is 0.162 e. The molecule has 3 heteroatoms. The van der Waals surface area contributed by atoms with Crippen LogP contribution in [0.15, 0.2) is 16.8 Å². The van der Waals surface area contributed by atoms with Crippen molar-refractivity contribution in [2.75, 3.05) is 0 Å². The van der Waals surface area contributed by atoms with Crippen molar-refractivity contribution in [3.8, 4) is 0 Å². The van der Waals surface area contributed by atoms with E-state index in [-0.39, 0.29) is 11.3 Å². The van der Waals surface area contributed by atoms with Gasteiger partial charge in [0, 0.05) is 0 Å². The SMILES string of the molecule is C/C(=C\C(N)=NO)C(C)(C)C. The summed E-state index contributed by atoms with van der Waals surface area (Å²) in [6.07, 6.45) is 1.67. The molecular formula is C8H16N2O. The van der Waals surface area contributed by atoms with Crippen molar-refractivity contribution in [1.29, 1.82) is 0 Å². The van der Waals surface area contributed by atoms with Crippen molar-refractivity contribution in [3.05, 3.63) is 11.6 Å². The Balaban J connectivity index is 4.48. The molecule has 0 atom stereocenters. The van der Waals surface area contributed by atoms with Crippen LogP contribution in [0.1, 0.15) is 27.7 Å². The Morgan fingerprint density at radius 2 is 1.91 bits per heavy atom. The zero-order valence-electron chi connectivity index (χ0n) is 7.55. The van der Waals surface area contributed by atoms with Crippen LogP contribution in [-0.4, -0.2) is 11.0 Å². The van der Waals surface area contributed by atoms with Gasteiger partial charge in [-0.05, 0) is 18.4 Å². The molecule has 0 aliphatic rings. The molecule has 0 bridgehead atoms. The van der Waals surface area contributed by atoms with Gasteiger partial charge >= 0.3 is 0 Å². The average molecular weight is 156 g/mol. The Labute approximate surface area is 67.6 Å². The summed E-state index contributed by atoms with van der Waals surface area (Å²) in [4.78, 5) is 0. The van der Waals surface area contributed by atoms with Gasteiger partial charge in [0.05, 0.1) is 0 Å². The maximum absolute atomic E-state index is 8.27. The number of hydrogen-bond donors (Lipinski definition) is 2. The second-order valence-electron chi connectivity index (χ2n) is 3.60. The molecule has 0 aromatic rings. The molecule has 0 amide bonds. The van der Waals surface area contributed by atoms with Crippen LogP contribution in [0, 0.1) is 5.41 Å².